The first-order valence-corrected chi connectivity index (χ1v) is 2.73. The fourth-order valence-corrected chi connectivity index (χ4v) is 0.385. The Morgan fingerprint density at radius 3 is 1.62 bits per heavy atom. The molecule has 0 bridgehead atoms. The number of rotatable bonds is 1. The minimum atomic E-state index is 0.718. The van der Waals surface area contributed by atoms with Crippen molar-refractivity contribution in [1.29, 1.82) is 0 Å². The predicted molar refractivity (Wildman–Crippen MR) is 38.0 cm³/mol. The Hall–Kier alpha value is -0.340. The quantitative estimate of drug-likeness (QED) is 0.305. The number of allylic oxidation sites excluding steroid dienone is 2. The number of hydrogen-bond donors (Lipinski definition) is 2. The van der Waals surface area contributed by atoms with Gasteiger partial charge in [0.15, 0.2) is 0 Å². The fraction of sp³-hybridized carbons (Fsp3) is 0.667. The summed E-state index contributed by atoms with van der Waals surface area (Å²) < 4.78 is 0. The molecule has 0 fully saturated rings. The van der Waals surface area contributed by atoms with Gasteiger partial charge in [-0.3, -0.25) is 11.7 Å². The Kier molecular flexibility index (Phi) is 13.0. The second kappa shape index (κ2) is 9.83. The highest BCUT2D eigenvalue weighted by Crippen LogP contribution is 1.90. The third-order valence-electron chi connectivity index (χ3n) is 0.577. The summed E-state index contributed by atoms with van der Waals surface area (Å²) in [6, 6.07) is 0. The SMILES string of the molecule is CC=CC(C)C.NN. The lowest BCUT2D eigenvalue weighted by Crippen LogP contribution is -2.02. The van der Waals surface area contributed by atoms with Gasteiger partial charge >= 0.3 is 0 Å². The van der Waals surface area contributed by atoms with Gasteiger partial charge in [-0.1, -0.05) is 26.0 Å². The van der Waals surface area contributed by atoms with E-state index in [1.807, 2.05) is 6.92 Å². The van der Waals surface area contributed by atoms with Crippen LogP contribution in [0.1, 0.15) is 20.8 Å². The van der Waals surface area contributed by atoms with Crippen LogP contribution in [0, 0.1) is 5.92 Å². The molecule has 0 aliphatic heterocycles. The third kappa shape index (κ3) is 17.4. The van der Waals surface area contributed by atoms with Gasteiger partial charge in [-0.25, -0.2) is 0 Å². The molecule has 0 saturated heterocycles. The molecule has 0 radical (unpaired) electrons. The van der Waals surface area contributed by atoms with Crippen molar-refractivity contribution in [2.75, 3.05) is 0 Å². The van der Waals surface area contributed by atoms with Crippen molar-refractivity contribution in [3.63, 3.8) is 0 Å². The second-order valence-electron chi connectivity index (χ2n) is 1.77. The summed E-state index contributed by atoms with van der Waals surface area (Å²) in [4.78, 5) is 0. The van der Waals surface area contributed by atoms with Crippen LogP contribution in [0.25, 0.3) is 0 Å². The Balaban J connectivity index is 0. The normalized spacial score (nSPS) is 9.25. The van der Waals surface area contributed by atoms with Gasteiger partial charge in [0.1, 0.15) is 0 Å². The molecule has 0 unspecified atom stereocenters. The summed E-state index contributed by atoms with van der Waals surface area (Å²) in [5.41, 5.74) is 0. The summed E-state index contributed by atoms with van der Waals surface area (Å²) >= 11 is 0. The highest BCUT2D eigenvalue weighted by molar-refractivity contribution is 4.79. The highest BCUT2D eigenvalue weighted by Gasteiger charge is 1.76. The molecular formula is C6H16N2. The number of hydrazine groups is 1. The molecule has 2 nitrogen and oxygen atoms in total. The van der Waals surface area contributed by atoms with E-state index in [0.29, 0.717) is 0 Å². The Bertz CT molecular complexity index is 48.5. The van der Waals surface area contributed by atoms with Crippen LogP contribution in [0.5, 0.6) is 0 Å². The maximum absolute atomic E-state index is 4.00. The lowest BCUT2D eigenvalue weighted by atomic mass is 10.2. The Labute approximate surface area is 51.5 Å². The fourth-order valence-electron chi connectivity index (χ4n) is 0.385. The van der Waals surface area contributed by atoms with Gasteiger partial charge in [-0.05, 0) is 12.8 Å². The van der Waals surface area contributed by atoms with Crippen molar-refractivity contribution >= 4 is 0 Å². The monoisotopic (exact) mass is 116 g/mol. The largest absolute Gasteiger partial charge is 0.274 e. The van der Waals surface area contributed by atoms with Crippen molar-refractivity contribution in [2.45, 2.75) is 20.8 Å². The molecule has 4 N–H and O–H groups in total. The zero-order valence-corrected chi connectivity index (χ0v) is 5.89. The van der Waals surface area contributed by atoms with E-state index >= 15 is 0 Å². The van der Waals surface area contributed by atoms with Crippen LogP contribution in [0.4, 0.5) is 0 Å². The maximum Gasteiger partial charge on any atom is -0.0291 e. The smallest absolute Gasteiger partial charge is 0.0291 e. The molecule has 0 rings (SSSR count). The molecule has 8 heavy (non-hydrogen) atoms. The van der Waals surface area contributed by atoms with Crippen LogP contribution in [0.2, 0.25) is 0 Å². The number of nitrogens with two attached hydrogens (primary N) is 2. The van der Waals surface area contributed by atoms with Crippen molar-refractivity contribution in [2.24, 2.45) is 17.6 Å². The first-order valence-electron chi connectivity index (χ1n) is 2.73. The van der Waals surface area contributed by atoms with E-state index in [2.05, 4.69) is 37.7 Å². The maximum atomic E-state index is 4.00. The molecule has 0 aliphatic rings. The van der Waals surface area contributed by atoms with E-state index in [1.54, 1.807) is 0 Å². The lowest BCUT2D eigenvalue weighted by molar-refractivity contribution is 0.830. The summed E-state index contributed by atoms with van der Waals surface area (Å²) in [5.74, 6) is 8.72. The summed E-state index contributed by atoms with van der Waals surface area (Å²) in [5, 5.41) is 0. The van der Waals surface area contributed by atoms with Crippen LogP contribution in [-0.2, 0) is 0 Å². The highest BCUT2D eigenvalue weighted by atomic mass is 15.0. The van der Waals surface area contributed by atoms with Gasteiger partial charge in [0.2, 0.25) is 0 Å². The van der Waals surface area contributed by atoms with Crippen LogP contribution < -0.4 is 11.7 Å². The van der Waals surface area contributed by atoms with E-state index < -0.39 is 0 Å². The first kappa shape index (κ1) is 10.6. The molecule has 0 spiro atoms. The van der Waals surface area contributed by atoms with E-state index in [-0.39, 0.29) is 0 Å². The number of hydrogen-bond acceptors (Lipinski definition) is 2. The van der Waals surface area contributed by atoms with Gasteiger partial charge in [0.25, 0.3) is 0 Å². The molecule has 0 aromatic rings. The molecule has 0 atom stereocenters. The van der Waals surface area contributed by atoms with Gasteiger partial charge in [-0.15, -0.1) is 0 Å². The second-order valence-corrected chi connectivity index (χ2v) is 1.77. The van der Waals surface area contributed by atoms with Crippen molar-refractivity contribution < 1.29 is 0 Å². The minimum absolute atomic E-state index is 0.718. The van der Waals surface area contributed by atoms with Gasteiger partial charge in [-0.2, -0.15) is 0 Å². The molecule has 0 saturated carbocycles. The molecule has 2 heteroatoms. The Morgan fingerprint density at radius 1 is 1.25 bits per heavy atom. The molecule has 0 aliphatic carbocycles. The van der Waals surface area contributed by atoms with Crippen LogP contribution in [0.3, 0.4) is 0 Å². The summed E-state index contributed by atoms with van der Waals surface area (Å²) in [6.45, 7) is 6.38. The molecular weight excluding hydrogens is 100 g/mol. The van der Waals surface area contributed by atoms with E-state index in [1.165, 1.54) is 0 Å². The van der Waals surface area contributed by atoms with Gasteiger partial charge < -0.3 is 0 Å². The minimum Gasteiger partial charge on any atom is -0.274 e. The van der Waals surface area contributed by atoms with Crippen molar-refractivity contribution in [3.05, 3.63) is 12.2 Å². The van der Waals surface area contributed by atoms with E-state index in [9.17, 15) is 0 Å². The standard InChI is InChI=1S/C6H12.H4N2/c1-4-5-6(2)3;1-2/h4-6H,1-3H3;1-2H2. The molecule has 50 valence electrons. The third-order valence-corrected chi connectivity index (χ3v) is 0.577. The summed E-state index contributed by atoms with van der Waals surface area (Å²) in [6.07, 6.45) is 4.24. The first-order chi connectivity index (χ1) is 3.77. The van der Waals surface area contributed by atoms with Crippen LogP contribution in [0.15, 0.2) is 12.2 Å². The topological polar surface area (TPSA) is 52.0 Å². The average Bonchev–Trinajstić information content (AvgIpc) is 1.72. The molecule has 0 heterocycles. The molecule has 0 aromatic carbocycles. The molecule has 0 aromatic heterocycles. The van der Waals surface area contributed by atoms with E-state index in [0.717, 1.165) is 5.92 Å². The lowest BCUT2D eigenvalue weighted by Gasteiger charge is -1.86. The summed E-state index contributed by atoms with van der Waals surface area (Å²) in [7, 11) is 0. The zero-order chi connectivity index (χ0) is 6.99. The van der Waals surface area contributed by atoms with Crippen molar-refractivity contribution in [3.8, 4) is 0 Å². The Morgan fingerprint density at radius 2 is 1.62 bits per heavy atom. The van der Waals surface area contributed by atoms with Gasteiger partial charge in [0, 0.05) is 0 Å². The van der Waals surface area contributed by atoms with E-state index in [4.69, 9.17) is 0 Å². The van der Waals surface area contributed by atoms with Crippen molar-refractivity contribution in [1.82, 2.24) is 0 Å². The van der Waals surface area contributed by atoms with Crippen LogP contribution >= 0.6 is 0 Å². The zero-order valence-electron chi connectivity index (χ0n) is 5.89. The van der Waals surface area contributed by atoms with Gasteiger partial charge in [0.05, 0.1) is 0 Å². The predicted octanol–water partition coefficient (Wildman–Crippen LogP) is 1.04. The molecule has 0 amide bonds. The average molecular weight is 116 g/mol. The van der Waals surface area contributed by atoms with Crippen LogP contribution in [-0.4, -0.2) is 0 Å².